The summed E-state index contributed by atoms with van der Waals surface area (Å²) < 4.78 is 9.63. The van der Waals surface area contributed by atoms with Gasteiger partial charge >= 0.3 is 11.9 Å². The minimum Gasteiger partial charge on any atom is -0.468 e. The second-order valence-corrected chi connectivity index (χ2v) is 5.34. The fraction of sp³-hybridized carbons (Fsp3) is 0.375. The zero-order valence-corrected chi connectivity index (χ0v) is 12.5. The van der Waals surface area contributed by atoms with Gasteiger partial charge in [-0.1, -0.05) is 18.2 Å². The van der Waals surface area contributed by atoms with Crippen molar-refractivity contribution >= 4 is 22.8 Å². The summed E-state index contributed by atoms with van der Waals surface area (Å²) in [5.41, 5.74) is 2.05. The number of para-hydroxylation sites is 1. The van der Waals surface area contributed by atoms with Gasteiger partial charge in [0.2, 0.25) is 0 Å². The predicted molar refractivity (Wildman–Crippen MR) is 80.3 cm³/mol. The normalized spacial score (nSPS) is 21.4. The van der Waals surface area contributed by atoms with Gasteiger partial charge < -0.3 is 14.5 Å². The molecule has 3 atom stereocenters. The van der Waals surface area contributed by atoms with Crippen molar-refractivity contribution in [2.24, 2.45) is 0 Å². The van der Waals surface area contributed by atoms with Crippen molar-refractivity contribution in [3.8, 4) is 0 Å². The first-order valence-corrected chi connectivity index (χ1v) is 7.12. The van der Waals surface area contributed by atoms with E-state index in [1.807, 2.05) is 30.5 Å². The number of carbonyl (C=O) groups excluding carboxylic acids is 2. The van der Waals surface area contributed by atoms with Gasteiger partial charge in [0.1, 0.15) is 12.1 Å². The summed E-state index contributed by atoms with van der Waals surface area (Å²) >= 11 is 0. The molecule has 0 amide bonds. The number of hydrogen-bond donors (Lipinski definition) is 1. The molecule has 116 valence electrons. The monoisotopic (exact) mass is 302 g/mol. The van der Waals surface area contributed by atoms with E-state index in [1.165, 1.54) is 14.2 Å². The molecule has 0 aliphatic carbocycles. The SMILES string of the molecule is COC(=O)[C@@H](Cc1c[nH]c2ccccc12)N1C[C@H]1C(=O)OC. The zero-order valence-electron chi connectivity index (χ0n) is 12.5. The van der Waals surface area contributed by atoms with Crippen molar-refractivity contribution in [2.45, 2.75) is 18.5 Å². The van der Waals surface area contributed by atoms with Crippen LogP contribution in [0.2, 0.25) is 0 Å². The summed E-state index contributed by atoms with van der Waals surface area (Å²) in [6, 6.07) is 7.09. The summed E-state index contributed by atoms with van der Waals surface area (Å²) in [5, 5.41) is 1.08. The number of hydrogen-bond acceptors (Lipinski definition) is 5. The number of aromatic amines is 1. The van der Waals surface area contributed by atoms with Crippen molar-refractivity contribution in [2.75, 3.05) is 20.8 Å². The lowest BCUT2D eigenvalue weighted by Crippen LogP contribution is -2.35. The Kier molecular flexibility index (Phi) is 3.85. The summed E-state index contributed by atoms with van der Waals surface area (Å²) in [7, 11) is 2.72. The molecular formula is C16H18N2O4. The molecule has 1 unspecified atom stereocenters. The lowest BCUT2D eigenvalue weighted by Gasteiger charge is -2.16. The van der Waals surface area contributed by atoms with Crippen LogP contribution in [0, 0.1) is 0 Å². The number of ether oxygens (including phenoxy) is 2. The van der Waals surface area contributed by atoms with E-state index >= 15 is 0 Å². The lowest BCUT2D eigenvalue weighted by molar-refractivity contribution is -0.146. The molecule has 1 saturated heterocycles. The predicted octanol–water partition coefficient (Wildman–Crippen LogP) is 1.11. The molecule has 1 N–H and O–H groups in total. The Morgan fingerprint density at radius 2 is 2.09 bits per heavy atom. The van der Waals surface area contributed by atoms with Crippen LogP contribution in [0.15, 0.2) is 30.5 Å². The molecule has 6 nitrogen and oxygen atoms in total. The van der Waals surface area contributed by atoms with Crippen molar-refractivity contribution in [3.05, 3.63) is 36.0 Å². The summed E-state index contributed by atoms with van der Waals surface area (Å²) in [6.07, 6.45) is 2.39. The molecule has 2 aromatic rings. The number of nitrogens with zero attached hydrogens (tertiary/aromatic N) is 1. The quantitative estimate of drug-likeness (QED) is 0.662. The number of benzene rings is 1. The molecule has 0 bridgehead atoms. The Labute approximate surface area is 128 Å². The van der Waals surface area contributed by atoms with Crippen LogP contribution in [0.25, 0.3) is 10.9 Å². The molecule has 0 spiro atoms. The maximum Gasteiger partial charge on any atom is 0.324 e. The third-order valence-corrected chi connectivity index (χ3v) is 4.09. The number of aromatic nitrogens is 1. The van der Waals surface area contributed by atoms with Crippen LogP contribution in [0.1, 0.15) is 5.56 Å². The van der Waals surface area contributed by atoms with Crippen LogP contribution in [0.5, 0.6) is 0 Å². The average molecular weight is 302 g/mol. The van der Waals surface area contributed by atoms with Gasteiger partial charge in [-0.25, -0.2) is 0 Å². The van der Waals surface area contributed by atoms with Crippen LogP contribution in [0.3, 0.4) is 0 Å². The average Bonchev–Trinajstić information content (AvgIpc) is 3.25. The fourth-order valence-corrected chi connectivity index (χ4v) is 2.82. The largest absolute Gasteiger partial charge is 0.468 e. The topological polar surface area (TPSA) is 71.4 Å². The number of H-pyrrole nitrogens is 1. The first-order valence-electron chi connectivity index (χ1n) is 7.12. The number of nitrogens with one attached hydrogen (secondary N) is 1. The Morgan fingerprint density at radius 1 is 1.32 bits per heavy atom. The van der Waals surface area contributed by atoms with E-state index in [-0.39, 0.29) is 18.0 Å². The highest BCUT2D eigenvalue weighted by molar-refractivity contribution is 5.86. The minimum absolute atomic E-state index is 0.312. The molecule has 3 rings (SSSR count). The summed E-state index contributed by atoms with van der Waals surface area (Å²) in [6.45, 7) is 0.523. The first kappa shape index (κ1) is 14.6. The van der Waals surface area contributed by atoms with Gasteiger partial charge in [-0.3, -0.25) is 14.5 Å². The van der Waals surface area contributed by atoms with Gasteiger partial charge in [-0.05, 0) is 11.6 Å². The maximum atomic E-state index is 12.1. The number of esters is 2. The number of fused-ring (bicyclic) bond motifs is 1. The zero-order chi connectivity index (χ0) is 15.7. The summed E-state index contributed by atoms with van der Waals surface area (Å²) in [4.78, 5) is 28.7. The van der Waals surface area contributed by atoms with Crippen LogP contribution in [0.4, 0.5) is 0 Å². The van der Waals surface area contributed by atoms with Gasteiger partial charge in [0.25, 0.3) is 0 Å². The first-order chi connectivity index (χ1) is 10.7. The molecular weight excluding hydrogens is 284 g/mol. The molecule has 0 saturated carbocycles. The van der Waals surface area contributed by atoms with E-state index in [1.54, 1.807) is 4.90 Å². The van der Waals surface area contributed by atoms with Crippen molar-refractivity contribution in [1.29, 1.82) is 0 Å². The maximum absolute atomic E-state index is 12.1. The van der Waals surface area contributed by atoms with E-state index < -0.39 is 6.04 Å². The standard InChI is InChI=1S/C16H18N2O4/c1-21-15(19)13(18-9-14(18)16(20)22-2)7-10-8-17-12-6-4-3-5-11(10)12/h3-6,8,13-14,17H,7,9H2,1-2H3/t13-,14+,18?/m1/s1. The second kappa shape index (κ2) is 5.81. The number of carbonyl (C=O) groups is 2. The van der Waals surface area contributed by atoms with Crippen LogP contribution in [-0.2, 0) is 25.5 Å². The Hall–Kier alpha value is -2.34. The molecule has 2 heterocycles. The van der Waals surface area contributed by atoms with E-state index in [0.29, 0.717) is 13.0 Å². The van der Waals surface area contributed by atoms with Gasteiger partial charge in [0, 0.05) is 30.1 Å². The van der Waals surface area contributed by atoms with E-state index in [2.05, 4.69) is 4.98 Å². The van der Waals surface area contributed by atoms with Gasteiger partial charge in [0.15, 0.2) is 0 Å². The Balaban J connectivity index is 1.82. The molecule has 0 radical (unpaired) electrons. The van der Waals surface area contributed by atoms with E-state index in [0.717, 1.165) is 16.5 Å². The Bertz CT molecular complexity index is 709. The molecule has 6 heteroatoms. The minimum atomic E-state index is -0.478. The number of rotatable bonds is 5. The van der Waals surface area contributed by atoms with Gasteiger partial charge in [-0.15, -0.1) is 0 Å². The molecule has 1 fully saturated rings. The molecule has 1 aromatic heterocycles. The summed E-state index contributed by atoms with van der Waals surface area (Å²) in [5.74, 6) is -0.649. The molecule has 1 aromatic carbocycles. The molecule has 1 aliphatic rings. The fourth-order valence-electron chi connectivity index (χ4n) is 2.82. The molecule has 22 heavy (non-hydrogen) atoms. The highest BCUT2D eigenvalue weighted by Gasteiger charge is 2.48. The third kappa shape index (κ3) is 2.57. The third-order valence-electron chi connectivity index (χ3n) is 4.09. The smallest absolute Gasteiger partial charge is 0.324 e. The highest BCUT2D eigenvalue weighted by Crippen LogP contribution is 2.28. The van der Waals surface area contributed by atoms with Crippen molar-refractivity contribution in [3.63, 3.8) is 0 Å². The lowest BCUT2D eigenvalue weighted by atomic mass is 10.0. The number of methoxy groups -OCH3 is 2. The van der Waals surface area contributed by atoms with E-state index in [9.17, 15) is 9.59 Å². The molecule has 1 aliphatic heterocycles. The van der Waals surface area contributed by atoms with Gasteiger partial charge in [-0.2, -0.15) is 0 Å². The highest BCUT2D eigenvalue weighted by atomic mass is 16.5. The Morgan fingerprint density at radius 3 is 2.82 bits per heavy atom. The van der Waals surface area contributed by atoms with Crippen LogP contribution in [-0.4, -0.2) is 54.7 Å². The van der Waals surface area contributed by atoms with Gasteiger partial charge in [0.05, 0.1) is 14.2 Å². The van der Waals surface area contributed by atoms with E-state index in [4.69, 9.17) is 9.47 Å². The van der Waals surface area contributed by atoms with Crippen molar-refractivity contribution < 1.29 is 19.1 Å². The van der Waals surface area contributed by atoms with Crippen LogP contribution < -0.4 is 0 Å². The second-order valence-electron chi connectivity index (χ2n) is 5.34. The van der Waals surface area contributed by atoms with Crippen LogP contribution >= 0.6 is 0 Å². The van der Waals surface area contributed by atoms with Crippen molar-refractivity contribution in [1.82, 2.24) is 9.88 Å².